The van der Waals surface area contributed by atoms with Crippen molar-refractivity contribution in [1.29, 1.82) is 0 Å². The second-order valence-corrected chi connectivity index (χ2v) is 7.83. The lowest BCUT2D eigenvalue weighted by atomic mass is 10.1. The lowest BCUT2D eigenvalue weighted by Gasteiger charge is -2.07. The Kier molecular flexibility index (Phi) is 4.20. The van der Waals surface area contributed by atoms with Crippen LogP contribution in [0.3, 0.4) is 0 Å². The molecular formula is C15H13N3O4S2. The molecule has 0 aliphatic carbocycles. The monoisotopic (exact) mass is 363 g/mol. The number of fused-ring (bicyclic) bond motifs is 1. The third-order valence-corrected chi connectivity index (χ3v) is 4.70. The fourth-order valence-electron chi connectivity index (χ4n) is 2.19. The van der Waals surface area contributed by atoms with Gasteiger partial charge in [-0.2, -0.15) is 0 Å². The van der Waals surface area contributed by atoms with Crippen LogP contribution in [-0.2, 0) is 16.6 Å². The molecule has 7 nitrogen and oxygen atoms in total. The Morgan fingerprint density at radius 2 is 1.96 bits per heavy atom. The van der Waals surface area contributed by atoms with E-state index in [1.807, 2.05) is 0 Å². The number of Topliss-reactive ketones (excluding diaryl/α,β-unsaturated/α-hetero) is 1. The van der Waals surface area contributed by atoms with Crippen molar-refractivity contribution < 1.29 is 13.2 Å². The quantitative estimate of drug-likeness (QED) is 0.696. The van der Waals surface area contributed by atoms with Crippen LogP contribution in [0.5, 0.6) is 0 Å². The fourth-order valence-corrected chi connectivity index (χ4v) is 3.48. The van der Waals surface area contributed by atoms with Gasteiger partial charge in [0.25, 0.3) is 5.56 Å². The largest absolute Gasteiger partial charge is 0.292 e. The molecule has 0 saturated carbocycles. The van der Waals surface area contributed by atoms with Crippen LogP contribution in [0.15, 0.2) is 46.8 Å². The molecule has 1 aromatic carbocycles. The highest BCUT2D eigenvalue weighted by Crippen LogP contribution is 2.14. The second-order valence-electron chi connectivity index (χ2n) is 5.19. The molecule has 0 fully saturated rings. The summed E-state index contributed by atoms with van der Waals surface area (Å²) in [5, 5.41) is 2.27. The molecule has 0 atom stereocenters. The van der Waals surface area contributed by atoms with Gasteiger partial charge in [-0.25, -0.2) is 13.4 Å². The van der Waals surface area contributed by atoms with E-state index in [-0.39, 0.29) is 17.9 Å². The molecule has 0 aliphatic rings. The van der Waals surface area contributed by atoms with E-state index in [1.165, 1.54) is 46.5 Å². The molecule has 2 heterocycles. The maximum atomic E-state index is 12.3. The average molecular weight is 363 g/mol. The molecule has 0 aliphatic heterocycles. The highest BCUT2D eigenvalue weighted by atomic mass is 32.2. The fraction of sp³-hybridized carbons (Fsp3) is 0.133. The van der Waals surface area contributed by atoms with Crippen molar-refractivity contribution >= 4 is 43.0 Å². The summed E-state index contributed by atoms with van der Waals surface area (Å²) in [5.41, 5.74) is 0.490. The summed E-state index contributed by atoms with van der Waals surface area (Å²) in [6, 6.07) is 7.70. The number of carbonyl (C=O) groups excluding carboxylic acids is 1. The van der Waals surface area contributed by atoms with Gasteiger partial charge in [0.2, 0.25) is 10.0 Å². The first-order chi connectivity index (χ1) is 11.3. The van der Waals surface area contributed by atoms with E-state index in [1.54, 1.807) is 11.4 Å². The van der Waals surface area contributed by atoms with E-state index in [4.69, 9.17) is 0 Å². The van der Waals surface area contributed by atoms with Crippen LogP contribution in [0, 0.1) is 0 Å². The van der Waals surface area contributed by atoms with Crippen LogP contribution in [0.25, 0.3) is 10.2 Å². The summed E-state index contributed by atoms with van der Waals surface area (Å²) in [6.45, 7) is -0.129. The number of anilines is 1. The van der Waals surface area contributed by atoms with E-state index in [0.29, 0.717) is 21.5 Å². The molecule has 0 spiro atoms. The third kappa shape index (κ3) is 3.52. The highest BCUT2D eigenvalue weighted by molar-refractivity contribution is 7.92. The molecule has 3 aromatic rings. The number of ketones is 1. The van der Waals surface area contributed by atoms with Crippen molar-refractivity contribution in [1.82, 2.24) is 9.55 Å². The molecule has 0 saturated heterocycles. The minimum Gasteiger partial charge on any atom is -0.292 e. The van der Waals surface area contributed by atoms with Gasteiger partial charge < -0.3 is 0 Å². The number of sulfonamides is 1. The van der Waals surface area contributed by atoms with Gasteiger partial charge in [0.1, 0.15) is 4.83 Å². The van der Waals surface area contributed by atoms with Crippen molar-refractivity contribution in [3.05, 3.63) is 58.0 Å². The Bertz CT molecular complexity index is 1070. The Balaban J connectivity index is 1.81. The van der Waals surface area contributed by atoms with Gasteiger partial charge in [0.05, 0.1) is 24.5 Å². The van der Waals surface area contributed by atoms with Crippen LogP contribution in [0.2, 0.25) is 0 Å². The molecule has 3 rings (SSSR count). The zero-order chi connectivity index (χ0) is 17.3. The number of carbonyl (C=O) groups is 1. The predicted molar refractivity (Wildman–Crippen MR) is 93.1 cm³/mol. The van der Waals surface area contributed by atoms with Crippen LogP contribution in [0.4, 0.5) is 5.69 Å². The number of nitrogens with one attached hydrogen (secondary N) is 1. The van der Waals surface area contributed by atoms with Crippen LogP contribution in [-0.4, -0.2) is 30.0 Å². The lowest BCUT2D eigenvalue weighted by molar-refractivity contribution is 0.0970. The molecule has 0 radical (unpaired) electrons. The smallest absolute Gasteiger partial charge is 0.262 e. The molecule has 2 aromatic heterocycles. The van der Waals surface area contributed by atoms with E-state index in [0.717, 1.165) is 6.26 Å². The number of thiophene rings is 1. The molecular weight excluding hydrogens is 350 g/mol. The Hall–Kier alpha value is -2.52. The molecule has 0 bridgehead atoms. The van der Waals surface area contributed by atoms with Gasteiger partial charge >= 0.3 is 0 Å². The van der Waals surface area contributed by atoms with E-state index in [9.17, 15) is 18.0 Å². The third-order valence-electron chi connectivity index (χ3n) is 3.27. The van der Waals surface area contributed by atoms with Gasteiger partial charge in [-0.05, 0) is 35.7 Å². The summed E-state index contributed by atoms with van der Waals surface area (Å²) >= 11 is 1.37. The summed E-state index contributed by atoms with van der Waals surface area (Å²) in [5.74, 6) is -0.264. The average Bonchev–Trinajstić information content (AvgIpc) is 2.98. The van der Waals surface area contributed by atoms with Crippen molar-refractivity contribution in [2.24, 2.45) is 0 Å². The van der Waals surface area contributed by atoms with Gasteiger partial charge in [-0.3, -0.25) is 18.9 Å². The van der Waals surface area contributed by atoms with Crippen molar-refractivity contribution in [3.63, 3.8) is 0 Å². The molecule has 9 heteroatoms. The van der Waals surface area contributed by atoms with Gasteiger partial charge in [0, 0.05) is 11.3 Å². The van der Waals surface area contributed by atoms with E-state index in [2.05, 4.69) is 9.71 Å². The minimum atomic E-state index is -3.37. The first-order valence-corrected chi connectivity index (χ1v) is 9.64. The summed E-state index contributed by atoms with van der Waals surface area (Å²) in [4.78, 5) is 29.4. The van der Waals surface area contributed by atoms with Crippen molar-refractivity contribution in [2.45, 2.75) is 6.54 Å². The van der Waals surface area contributed by atoms with Crippen molar-refractivity contribution in [2.75, 3.05) is 11.0 Å². The second kappa shape index (κ2) is 6.17. The SMILES string of the molecule is CS(=O)(=O)Nc1ccc(C(=O)Cn2cnc3sccc3c2=O)cc1. The highest BCUT2D eigenvalue weighted by Gasteiger charge is 2.11. The normalized spacial score (nSPS) is 11.5. The van der Waals surface area contributed by atoms with E-state index >= 15 is 0 Å². The predicted octanol–water partition coefficient (Wildman–Crippen LogP) is 1.71. The Morgan fingerprint density at radius 3 is 2.62 bits per heavy atom. The summed E-state index contributed by atoms with van der Waals surface area (Å²) in [6.07, 6.45) is 2.41. The number of nitrogens with zero attached hydrogens (tertiary/aromatic N) is 2. The molecule has 124 valence electrons. The Morgan fingerprint density at radius 1 is 1.25 bits per heavy atom. The number of benzene rings is 1. The number of hydrogen-bond acceptors (Lipinski definition) is 6. The number of aromatic nitrogens is 2. The number of rotatable bonds is 5. The molecule has 24 heavy (non-hydrogen) atoms. The Labute approximate surface area is 141 Å². The van der Waals surface area contributed by atoms with Crippen LogP contribution >= 0.6 is 11.3 Å². The molecule has 0 amide bonds. The maximum absolute atomic E-state index is 12.3. The molecule has 1 N–H and O–H groups in total. The van der Waals surface area contributed by atoms with Crippen molar-refractivity contribution in [3.8, 4) is 0 Å². The van der Waals surface area contributed by atoms with Gasteiger partial charge in [-0.15, -0.1) is 11.3 Å². The zero-order valence-corrected chi connectivity index (χ0v) is 14.2. The summed E-state index contributed by atoms with van der Waals surface area (Å²) in [7, 11) is -3.37. The minimum absolute atomic E-state index is 0.129. The van der Waals surface area contributed by atoms with E-state index < -0.39 is 10.0 Å². The summed E-state index contributed by atoms with van der Waals surface area (Å²) < 4.78 is 25.9. The van der Waals surface area contributed by atoms with Crippen LogP contribution in [0.1, 0.15) is 10.4 Å². The standard InChI is InChI=1S/C15H13N3O4S2/c1-24(21,22)17-11-4-2-10(3-5-11)13(19)8-18-9-16-14-12(15(18)20)6-7-23-14/h2-7,9,17H,8H2,1H3. The number of hydrogen-bond donors (Lipinski definition) is 1. The lowest BCUT2D eigenvalue weighted by Crippen LogP contribution is -2.24. The topological polar surface area (TPSA) is 98.1 Å². The maximum Gasteiger partial charge on any atom is 0.262 e. The first kappa shape index (κ1) is 16.3. The first-order valence-electron chi connectivity index (χ1n) is 6.87. The molecule has 0 unspecified atom stereocenters. The van der Waals surface area contributed by atoms with Gasteiger partial charge in [0.15, 0.2) is 5.78 Å². The van der Waals surface area contributed by atoms with Gasteiger partial charge in [-0.1, -0.05) is 0 Å². The zero-order valence-electron chi connectivity index (χ0n) is 12.6. The van der Waals surface area contributed by atoms with Crippen LogP contribution < -0.4 is 10.3 Å².